The van der Waals surface area contributed by atoms with E-state index in [9.17, 15) is 0 Å². The highest BCUT2D eigenvalue weighted by molar-refractivity contribution is 7.20. The van der Waals surface area contributed by atoms with E-state index in [1.807, 2.05) is 0 Å². The van der Waals surface area contributed by atoms with E-state index in [0.717, 1.165) is 11.1 Å². The van der Waals surface area contributed by atoms with Gasteiger partial charge in [0, 0.05) is 11.1 Å². The molecule has 0 fully saturated rings. The number of nitrogens with zero attached hydrogens (tertiary/aromatic N) is 2. The largest absolute Gasteiger partial charge is 0.383 e. The molecule has 9 aromatic rings. The van der Waals surface area contributed by atoms with Crippen LogP contribution >= 0.6 is 0 Å². The molecule has 2 N–H and O–H groups in total. The van der Waals surface area contributed by atoms with Crippen LogP contribution in [0.1, 0.15) is 33.4 Å². The third-order valence-corrected chi connectivity index (χ3v) is 22.4. The van der Waals surface area contributed by atoms with E-state index in [-0.39, 0.29) is 0 Å². The molecule has 0 saturated carbocycles. The van der Waals surface area contributed by atoms with Gasteiger partial charge in [-0.05, 0) is 79.0 Å². The van der Waals surface area contributed by atoms with Crippen molar-refractivity contribution in [2.75, 3.05) is 0 Å². The molecule has 3 nitrogen and oxygen atoms in total. The van der Waals surface area contributed by atoms with Crippen LogP contribution in [-0.4, -0.2) is 27.8 Å². The minimum atomic E-state index is -2.85. The van der Waals surface area contributed by atoms with Crippen molar-refractivity contribution in [1.82, 2.24) is 0 Å². The second-order valence-corrected chi connectivity index (χ2v) is 24.5. The second-order valence-electron chi connectivity index (χ2n) is 16.9. The van der Waals surface area contributed by atoms with Crippen LogP contribution in [0.4, 0.5) is 0 Å². The lowest BCUT2D eigenvalue weighted by atomic mass is 10.00. The summed E-state index contributed by atoms with van der Waals surface area (Å²) in [5.41, 5.74) is 14.0. The van der Waals surface area contributed by atoms with Crippen LogP contribution < -0.4 is 47.2 Å². The molecule has 0 bridgehead atoms. The number of aryl methyl sites for hydroxylation is 3. The van der Waals surface area contributed by atoms with E-state index in [1.165, 1.54) is 63.7 Å². The molecular formula is C60H53N3Si2. The number of hydrogen-bond acceptors (Lipinski definition) is 1. The Morgan fingerprint density at radius 2 is 0.677 bits per heavy atom. The number of rotatable bonds is 12. The third-order valence-electron chi connectivity index (χ3n) is 12.8. The maximum absolute atomic E-state index is 7.30. The normalized spacial score (nSPS) is 12.2. The zero-order valence-corrected chi connectivity index (χ0v) is 39.3. The summed E-state index contributed by atoms with van der Waals surface area (Å²) in [7, 11) is -5.67. The van der Waals surface area contributed by atoms with Crippen molar-refractivity contribution in [2.45, 2.75) is 27.3 Å². The van der Waals surface area contributed by atoms with Crippen molar-refractivity contribution in [3.63, 3.8) is 0 Å². The molecule has 0 saturated heterocycles. The van der Waals surface area contributed by atoms with Gasteiger partial charge in [-0.3, -0.25) is 4.99 Å². The van der Waals surface area contributed by atoms with Crippen LogP contribution in [0, 0.1) is 20.8 Å². The molecule has 0 amide bonds. The average Bonchev–Trinajstić information content (AvgIpc) is 3.36. The number of aliphatic imine (C=N–C) groups is 2. The summed E-state index contributed by atoms with van der Waals surface area (Å²) in [6.45, 7) is 6.97. The fourth-order valence-electron chi connectivity index (χ4n) is 9.92. The van der Waals surface area contributed by atoms with E-state index < -0.39 is 16.1 Å². The molecule has 0 heterocycles. The highest BCUT2D eigenvalue weighted by Gasteiger charge is 2.43. The van der Waals surface area contributed by atoms with Crippen molar-refractivity contribution in [1.29, 1.82) is 0 Å². The van der Waals surface area contributed by atoms with Gasteiger partial charge in [0.05, 0.1) is 6.54 Å². The molecule has 0 aromatic heterocycles. The van der Waals surface area contributed by atoms with E-state index in [1.54, 1.807) is 0 Å². The predicted octanol–water partition coefficient (Wildman–Crippen LogP) is 7.72. The molecule has 5 heteroatoms. The summed E-state index contributed by atoms with van der Waals surface area (Å²) in [4.78, 5) is 10.8. The Morgan fingerprint density at radius 1 is 0.369 bits per heavy atom. The highest BCUT2D eigenvalue weighted by Crippen LogP contribution is 2.20. The van der Waals surface area contributed by atoms with Gasteiger partial charge in [-0.2, -0.15) is 0 Å². The maximum Gasteiger partial charge on any atom is 0.179 e. The summed E-state index contributed by atoms with van der Waals surface area (Å²) in [6, 6.07) is 88.2. The first-order valence-corrected chi connectivity index (χ1v) is 26.4. The molecule has 0 aliphatic carbocycles. The first kappa shape index (κ1) is 42.8. The van der Waals surface area contributed by atoms with Gasteiger partial charge in [0.15, 0.2) is 22.0 Å². The second kappa shape index (κ2) is 19.1. The Morgan fingerprint density at radius 3 is 1.03 bits per heavy atom. The first-order valence-electron chi connectivity index (χ1n) is 22.4. The molecule has 0 aliphatic rings. The summed E-state index contributed by atoms with van der Waals surface area (Å²) in [5, 5.41) is 10.3. The minimum absolute atomic E-state index is 0.420. The molecule has 0 atom stereocenters. The fraction of sp³-hybridized carbons (Fsp3) is 0.0667. The summed E-state index contributed by atoms with van der Waals surface area (Å²) in [5.74, 6) is 1.02. The van der Waals surface area contributed by atoms with Gasteiger partial charge in [-0.15, -0.1) is 0 Å². The smallest absolute Gasteiger partial charge is 0.179 e. The Balaban J connectivity index is 1.25. The van der Waals surface area contributed by atoms with E-state index in [4.69, 9.17) is 15.7 Å². The van der Waals surface area contributed by atoms with Gasteiger partial charge in [0.25, 0.3) is 0 Å². The van der Waals surface area contributed by atoms with E-state index in [0.29, 0.717) is 18.2 Å². The minimum Gasteiger partial charge on any atom is -0.383 e. The highest BCUT2D eigenvalue weighted by atomic mass is 28.3. The van der Waals surface area contributed by atoms with Crippen LogP contribution in [0.2, 0.25) is 0 Å². The van der Waals surface area contributed by atoms with Crippen molar-refractivity contribution >= 4 is 69.3 Å². The molecule has 9 rings (SSSR count). The van der Waals surface area contributed by atoms with Gasteiger partial charge >= 0.3 is 0 Å². The molecule has 0 unspecified atom stereocenters. The maximum atomic E-state index is 7.30. The Bertz CT molecular complexity index is 2860. The zero-order valence-electron chi connectivity index (χ0n) is 37.3. The fourth-order valence-corrected chi connectivity index (χ4v) is 19.5. The quantitative estimate of drug-likeness (QED) is 0.0582. The average molecular weight is 872 g/mol. The van der Waals surface area contributed by atoms with Gasteiger partial charge < -0.3 is 5.73 Å². The molecular weight excluding hydrogens is 819 g/mol. The molecule has 0 aliphatic heterocycles. The lowest BCUT2D eigenvalue weighted by Crippen LogP contribution is -2.74. The van der Waals surface area contributed by atoms with Gasteiger partial charge in [-0.25, -0.2) is 4.99 Å². The van der Waals surface area contributed by atoms with Crippen molar-refractivity contribution in [3.05, 3.63) is 276 Å². The Kier molecular flexibility index (Phi) is 12.6. The standard InChI is InChI=1S/C60H53N3Si2/c1-45-40-46(2)58(47(3)41-45)44-62-60(49-25-23-39-57(43-49)65(53-32-16-7-17-33-53,54-34-18-8-19-35-54)55-36-20-9-21-37-55)63-59(61)48-24-22-38-56(42-48)64(50-26-10-4-11-27-50,51-28-12-5-13-29-51)52-30-14-6-15-31-52/h4-43H,44H2,1-3H3,(H2,61,62,63). The molecule has 65 heavy (non-hydrogen) atoms. The monoisotopic (exact) mass is 871 g/mol. The van der Waals surface area contributed by atoms with Crippen LogP contribution in [-0.2, 0) is 6.54 Å². The van der Waals surface area contributed by atoms with Crippen molar-refractivity contribution in [2.24, 2.45) is 15.7 Å². The molecule has 9 aromatic carbocycles. The molecule has 0 radical (unpaired) electrons. The van der Waals surface area contributed by atoms with Crippen LogP contribution in [0.3, 0.4) is 0 Å². The topological polar surface area (TPSA) is 50.7 Å². The van der Waals surface area contributed by atoms with Crippen molar-refractivity contribution < 1.29 is 0 Å². The lowest BCUT2D eigenvalue weighted by molar-refractivity contribution is 1.02. The SMILES string of the molecule is Cc1cc(C)c(CN=C(N=C(N)c2cccc([Si](c3ccccc3)(c3ccccc3)c3ccccc3)c2)c2cccc([Si](c3ccccc3)(c3ccccc3)c3ccccc3)c2)c(C)c1. The van der Waals surface area contributed by atoms with E-state index >= 15 is 0 Å². The summed E-state index contributed by atoms with van der Waals surface area (Å²) < 4.78 is 0. The summed E-state index contributed by atoms with van der Waals surface area (Å²) in [6.07, 6.45) is 0. The van der Waals surface area contributed by atoms with E-state index in [2.05, 4.69) is 263 Å². The number of hydrogen-bond donors (Lipinski definition) is 1. The first-order chi connectivity index (χ1) is 31.9. The number of amidine groups is 2. The predicted molar refractivity (Wildman–Crippen MR) is 282 cm³/mol. The van der Waals surface area contributed by atoms with Crippen LogP contribution in [0.15, 0.2) is 253 Å². The third kappa shape index (κ3) is 8.40. The van der Waals surface area contributed by atoms with Gasteiger partial charge in [0.1, 0.15) is 5.84 Å². The lowest BCUT2D eigenvalue weighted by Gasteiger charge is -2.34. The molecule has 0 spiro atoms. The van der Waals surface area contributed by atoms with Gasteiger partial charge in [0.2, 0.25) is 0 Å². The number of nitrogens with two attached hydrogens (primary N) is 1. The van der Waals surface area contributed by atoms with Gasteiger partial charge in [-0.1, -0.05) is 248 Å². The summed E-state index contributed by atoms with van der Waals surface area (Å²) >= 11 is 0. The van der Waals surface area contributed by atoms with Crippen LogP contribution in [0.25, 0.3) is 0 Å². The van der Waals surface area contributed by atoms with Crippen molar-refractivity contribution in [3.8, 4) is 0 Å². The van der Waals surface area contributed by atoms with Crippen LogP contribution in [0.5, 0.6) is 0 Å². The zero-order chi connectivity index (χ0) is 44.6. The molecule has 316 valence electrons. The number of benzene rings is 9. The Labute approximate surface area is 386 Å². The Hall–Kier alpha value is -7.45.